The average Bonchev–Trinajstić information content (AvgIpc) is 2.31. The number of H-pyrrole nitrogens is 2. The van der Waals surface area contributed by atoms with Gasteiger partial charge in [-0.1, -0.05) is 0 Å². The predicted octanol–water partition coefficient (Wildman–Crippen LogP) is -0.00910. The summed E-state index contributed by atoms with van der Waals surface area (Å²) in [6.45, 7) is 3.46. The molecule has 0 radical (unpaired) electrons. The molecular weight excluding hydrogens is 144 g/mol. The highest BCUT2D eigenvalue weighted by atomic mass is 16.5. The third-order valence-electron chi connectivity index (χ3n) is 2.09. The second-order valence-corrected chi connectivity index (χ2v) is 3.23. The van der Waals surface area contributed by atoms with Gasteiger partial charge in [-0.15, -0.1) is 0 Å². The minimum Gasteiger partial charge on any atom is -0.379 e. The molecule has 0 spiro atoms. The van der Waals surface area contributed by atoms with E-state index in [1.165, 1.54) is 0 Å². The molecule has 0 aliphatic carbocycles. The van der Waals surface area contributed by atoms with Gasteiger partial charge in [0.2, 0.25) is 0 Å². The van der Waals surface area contributed by atoms with Gasteiger partial charge in [0.25, 0.3) is 5.56 Å². The Morgan fingerprint density at radius 3 is 2.64 bits per heavy atom. The maximum Gasteiger partial charge on any atom is 0.264 e. The van der Waals surface area contributed by atoms with Crippen LogP contribution in [0.4, 0.5) is 0 Å². The number of aromatic nitrogens is 2. The van der Waals surface area contributed by atoms with Crippen molar-refractivity contribution in [2.45, 2.75) is 12.3 Å². The molecule has 0 bridgehead atoms. The van der Waals surface area contributed by atoms with Crippen LogP contribution in [-0.2, 0) is 10.2 Å². The van der Waals surface area contributed by atoms with Crippen LogP contribution in [0.3, 0.4) is 0 Å². The molecule has 60 valence electrons. The van der Waals surface area contributed by atoms with E-state index in [2.05, 4.69) is 17.1 Å². The number of aromatic amines is 2. The molecule has 1 aliphatic rings. The summed E-state index contributed by atoms with van der Waals surface area (Å²) in [4.78, 5) is 10.7. The quantitative estimate of drug-likeness (QED) is 0.597. The van der Waals surface area contributed by atoms with Gasteiger partial charge in [0.15, 0.2) is 0 Å². The molecule has 0 aromatic carbocycles. The fourth-order valence-corrected chi connectivity index (χ4v) is 1.22. The van der Waals surface area contributed by atoms with Crippen LogP contribution in [0.15, 0.2) is 10.9 Å². The van der Waals surface area contributed by atoms with Crippen LogP contribution in [0.1, 0.15) is 12.6 Å². The van der Waals surface area contributed by atoms with Gasteiger partial charge in [0, 0.05) is 11.8 Å². The van der Waals surface area contributed by atoms with Crippen molar-refractivity contribution in [1.29, 1.82) is 0 Å². The highest BCUT2D eigenvalue weighted by Crippen LogP contribution is 2.28. The van der Waals surface area contributed by atoms with Crippen LogP contribution in [0, 0.1) is 0 Å². The summed E-state index contributed by atoms with van der Waals surface area (Å²) in [7, 11) is 0. The molecule has 2 rings (SSSR count). The molecule has 2 heterocycles. The van der Waals surface area contributed by atoms with Crippen LogP contribution in [0.25, 0.3) is 0 Å². The monoisotopic (exact) mass is 154 g/mol. The van der Waals surface area contributed by atoms with E-state index in [1.54, 1.807) is 6.07 Å². The van der Waals surface area contributed by atoms with E-state index >= 15 is 0 Å². The first-order chi connectivity index (χ1) is 5.21. The summed E-state index contributed by atoms with van der Waals surface area (Å²) in [6.07, 6.45) is 0. The molecule has 0 unspecified atom stereocenters. The van der Waals surface area contributed by atoms with E-state index in [9.17, 15) is 4.79 Å². The Morgan fingerprint density at radius 2 is 2.27 bits per heavy atom. The van der Waals surface area contributed by atoms with Crippen LogP contribution in [0.2, 0.25) is 0 Å². The normalized spacial score (nSPS) is 21.2. The number of rotatable bonds is 1. The van der Waals surface area contributed by atoms with E-state index in [1.807, 2.05) is 0 Å². The zero-order valence-electron chi connectivity index (χ0n) is 6.31. The smallest absolute Gasteiger partial charge is 0.264 e. The second-order valence-electron chi connectivity index (χ2n) is 3.23. The first-order valence-corrected chi connectivity index (χ1v) is 3.57. The Bertz CT molecular complexity index is 308. The van der Waals surface area contributed by atoms with Gasteiger partial charge >= 0.3 is 0 Å². The van der Waals surface area contributed by atoms with E-state index in [0.717, 1.165) is 5.69 Å². The standard InChI is InChI=1S/C7H10N2O2/c1-7(3-11-4-7)5-2-6(10)9-8-5/h2H,3-4H2,1H3,(H2,8,9,10). The molecule has 0 atom stereocenters. The Labute approximate surface area is 63.6 Å². The third kappa shape index (κ3) is 0.903. The van der Waals surface area contributed by atoms with Crippen LogP contribution >= 0.6 is 0 Å². The number of nitrogens with one attached hydrogen (secondary N) is 2. The predicted molar refractivity (Wildman–Crippen MR) is 39.6 cm³/mol. The molecule has 11 heavy (non-hydrogen) atoms. The van der Waals surface area contributed by atoms with Gasteiger partial charge < -0.3 is 9.84 Å². The second kappa shape index (κ2) is 1.98. The minimum absolute atomic E-state index is 0.0269. The Hall–Kier alpha value is -1.03. The molecule has 1 saturated heterocycles. The van der Waals surface area contributed by atoms with Crippen LogP contribution < -0.4 is 5.56 Å². The molecule has 1 aromatic heterocycles. The number of hydrogen-bond donors (Lipinski definition) is 2. The van der Waals surface area contributed by atoms with Gasteiger partial charge in [0.05, 0.1) is 18.6 Å². The molecule has 4 heteroatoms. The molecule has 2 N–H and O–H groups in total. The summed E-state index contributed by atoms with van der Waals surface area (Å²) < 4.78 is 5.07. The van der Waals surface area contributed by atoms with E-state index in [4.69, 9.17) is 4.74 Å². The molecule has 4 nitrogen and oxygen atoms in total. The summed E-state index contributed by atoms with van der Waals surface area (Å²) in [5.74, 6) is 0. The summed E-state index contributed by atoms with van der Waals surface area (Å²) in [6, 6.07) is 1.59. The van der Waals surface area contributed by atoms with Gasteiger partial charge in [0.1, 0.15) is 0 Å². The van der Waals surface area contributed by atoms with Gasteiger partial charge in [-0.2, -0.15) is 0 Å². The zero-order valence-corrected chi connectivity index (χ0v) is 6.31. The lowest BCUT2D eigenvalue weighted by molar-refractivity contribution is -0.0521. The largest absolute Gasteiger partial charge is 0.379 e. The van der Waals surface area contributed by atoms with Crippen LogP contribution in [-0.4, -0.2) is 23.4 Å². The maximum absolute atomic E-state index is 10.7. The third-order valence-corrected chi connectivity index (χ3v) is 2.09. The van der Waals surface area contributed by atoms with Gasteiger partial charge in [-0.3, -0.25) is 9.89 Å². The minimum atomic E-state index is -0.0758. The van der Waals surface area contributed by atoms with Crippen molar-refractivity contribution in [1.82, 2.24) is 10.2 Å². The molecule has 1 aromatic rings. The Kier molecular flexibility index (Phi) is 1.20. The van der Waals surface area contributed by atoms with E-state index in [-0.39, 0.29) is 11.0 Å². The lowest BCUT2D eigenvalue weighted by atomic mass is 9.85. The first kappa shape index (κ1) is 6.67. The average molecular weight is 154 g/mol. The molecule has 1 aliphatic heterocycles. The molecule has 0 saturated carbocycles. The Balaban J connectivity index is 2.35. The van der Waals surface area contributed by atoms with Crippen molar-refractivity contribution in [3.05, 3.63) is 22.1 Å². The van der Waals surface area contributed by atoms with Gasteiger partial charge in [-0.05, 0) is 6.92 Å². The highest BCUT2D eigenvalue weighted by molar-refractivity contribution is 5.16. The van der Waals surface area contributed by atoms with Gasteiger partial charge in [-0.25, -0.2) is 0 Å². The molecule has 1 fully saturated rings. The summed E-state index contributed by atoms with van der Waals surface area (Å²) in [5, 5.41) is 5.34. The number of hydrogen-bond acceptors (Lipinski definition) is 2. The van der Waals surface area contributed by atoms with Crippen molar-refractivity contribution in [2.75, 3.05) is 13.2 Å². The van der Waals surface area contributed by atoms with Crippen molar-refractivity contribution < 1.29 is 4.74 Å². The number of ether oxygens (including phenoxy) is 1. The fourth-order valence-electron chi connectivity index (χ4n) is 1.22. The molecular formula is C7H10N2O2. The molecule has 0 amide bonds. The SMILES string of the molecule is CC1(c2cc(=O)[nH][nH]2)COC1. The zero-order chi connectivity index (χ0) is 7.90. The highest BCUT2D eigenvalue weighted by Gasteiger charge is 2.36. The lowest BCUT2D eigenvalue weighted by Crippen LogP contribution is -2.44. The topological polar surface area (TPSA) is 57.9 Å². The lowest BCUT2D eigenvalue weighted by Gasteiger charge is -2.36. The summed E-state index contributed by atoms with van der Waals surface area (Å²) >= 11 is 0. The van der Waals surface area contributed by atoms with Crippen molar-refractivity contribution in [3.8, 4) is 0 Å². The first-order valence-electron chi connectivity index (χ1n) is 3.57. The van der Waals surface area contributed by atoms with Crippen molar-refractivity contribution in [3.63, 3.8) is 0 Å². The van der Waals surface area contributed by atoms with Crippen LogP contribution in [0.5, 0.6) is 0 Å². The van der Waals surface area contributed by atoms with Crippen molar-refractivity contribution >= 4 is 0 Å². The summed E-state index contributed by atoms with van der Waals surface area (Å²) in [5.41, 5.74) is 0.890. The Morgan fingerprint density at radius 1 is 1.55 bits per heavy atom. The fraction of sp³-hybridized carbons (Fsp3) is 0.571. The van der Waals surface area contributed by atoms with E-state index in [0.29, 0.717) is 13.2 Å². The van der Waals surface area contributed by atoms with Crippen molar-refractivity contribution in [2.24, 2.45) is 0 Å². The van der Waals surface area contributed by atoms with E-state index < -0.39 is 0 Å². The maximum atomic E-state index is 10.7.